The number of rotatable bonds is 4. The molecule has 2 nitrogen and oxygen atoms in total. The van der Waals surface area contributed by atoms with E-state index in [2.05, 4.69) is 19.6 Å². The molecule has 4 heteroatoms. The minimum atomic E-state index is -2.73. The maximum absolute atomic E-state index is 11.9. The molecule has 2 fully saturated rings. The van der Waals surface area contributed by atoms with Gasteiger partial charge in [0.1, 0.15) is 0 Å². The molecule has 0 radical (unpaired) electrons. The molecule has 0 saturated heterocycles. The Balaban J connectivity index is 1.91. The third-order valence-corrected chi connectivity index (χ3v) is 8.00. The van der Waals surface area contributed by atoms with Gasteiger partial charge in [-0.25, -0.2) is 8.42 Å². The maximum atomic E-state index is 11.9. The van der Waals surface area contributed by atoms with Crippen LogP contribution in [0.2, 0.25) is 25.7 Å². The van der Waals surface area contributed by atoms with Gasteiger partial charge < -0.3 is 0 Å². The van der Waals surface area contributed by atoms with Gasteiger partial charge >= 0.3 is 0 Å². The molecule has 0 aromatic carbocycles. The summed E-state index contributed by atoms with van der Waals surface area (Å²) in [6.07, 6.45) is 3.31. The van der Waals surface area contributed by atoms with Gasteiger partial charge in [0, 0.05) is 13.8 Å². The summed E-state index contributed by atoms with van der Waals surface area (Å²) in [5.74, 6) is 0.454. The van der Waals surface area contributed by atoms with Crippen molar-refractivity contribution >= 4 is 17.9 Å². The first-order valence-electron chi connectivity index (χ1n) is 5.47. The van der Waals surface area contributed by atoms with E-state index < -0.39 is 17.9 Å². The Labute approximate surface area is 88.0 Å². The van der Waals surface area contributed by atoms with Gasteiger partial charge in [-0.2, -0.15) is 0 Å². The predicted molar refractivity (Wildman–Crippen MR) is 62.0 cm³/mol. The third kappa shape index (κ3) is 2.06. The van der Waals surface area contributed by atoms with E-state index in [-0.39, 0.29) is 5.25 Å². The lowest BCUT2D eigenvalue weighted by Gasteiger charge is -2.15. The van der Waals surface area contributed by atoms with Crippen LogP contribution in [-0.2, 0) is 9.84 Å². The predicted octanol–water partition coefficient (Wildman–Crippen LogP) is 2.29. The van der Waals surface area contributed by atoms with Crippen molar-refractivity contribution in [3.8, 4) is 0 Å². The molecule has 14 heavy (non-hydrogen) atoms. The minimum Gasteiger partial charge on any atom is -0.229 e. The maximum Gasteiger partial charge on any atom is 0.153 e. The van der Waals surface area contributed by atoms with E-state index in [0.29, 0.717) is 11.2 Å². The molecule has 2 saturated carbocycles. The van der Waals surface area contributed by atoms with Gasteiger partial charge in [-0.05, 0) is 30.7 Å². The standard InChI is InChI=1S/C10H20O2SSi/c1-14(2,3)7-6-13(11,12)9-8-10(9)4-5-10/h9H,4-8H2,1-3H3. The molecule has 2 aliphatic rings. The van der Waals surface area contributed by atoms with Crippen LogP contribution in [0.4, 0.5) is 0 Å². The van der Waals surface area contributed by atoms with Crippen molar-refractivity contribution in [3.05, 3.63) is 0 Å². The summed E-state index contributed by atoms with van der Waals surface area (Å²) in [6, 6.07) is 0.932. The smallest absolute Gasteiger partial charge is 0.153 e. The van der Waals surface area contributed by atoms with Crippen molar-refractivity contribution in [2.24, 2.45) is 5.41 Å². The summed E-state index contributed by atoms with van der Waals surface area (Å²) < 4.78 is 23.8. The zero-order valence-electron chi connectivity index (χ0n) is 9.34. The van der Waals surface area contributed by atoms with Crippen LogP contribution in [0.25, 0.3) is 0 Å². The molecular formula is C10H20O2SSi. The molecule has 0 N–H and O–H groups in total. The van der Waals surface area contributed by atoms with E-state index in [1.807, 2.05) is 0 Å². The third-order valence-electron chi connectivity index (χ3n) is 3.58. The van der Waals surface area contributed by atoms with Crippen LogP contribution in [0.1, 0.15) is 19.3 Å². The number of hydrogen-bond donors (Lipinski definition) is 0. The first kappa shape index (κ1) is 10.7. The Bertz CT molecular complexity index is 336. The quantitative estimate of drug-likeness (QED) is 0.697. The molecule has 1 atom stereocenters. The second-order valence-corrected chi connectivity index (χ2v) is 14.2. The summed E-state index contributed by atoms with van der Waals surface area (Å²) in [5, 5.41) is 0.0614. The van der Waals surface area contributed by atoms with Crippen LogP contribution >= 0.6 is 0 Å². The van der Waals surface area contributed by atoms with E-state index in [9.17, 15) is 8.42 Å². The molecule has 1 unspecified atom stereocenters. The monoisotopic (exact) mass is 232 g/mol. The van der Waals surface area contributed by atoms with Crippen LogP contribution in [-0.4, -0.2) is 27.5 Å². The fourth-order valence-corrected chi connectivity index (χ4v) is 7.55. The van der Waals surface area contributed by atoms with Crippen molar-refractivity contribution in [1.82, 2.24) is 0 Å². The molecule has 0 bridgehead atoms. The van der Waals surface area contributed by atoms with Gasteiger partial charge in [-0.1, -0.05) is 19.6 Å². The highest BCUT2D eigenvalue weighted by Crippen LogP contribution is 2.68. The summed E-state index contributed by atoms with van der Waals surface area (Å²) in [4.78, 5) is 0. The van der Waals surface area contributed by atoms with E-state index in [1.165, 1.54) is 12.8 Å². The lowest BCUT2D eigenvalue weighted by Crippen LogP contribution is -2.25. The van der Waals surface area contributed by atoms with Crippen LogP contribution in [0.3, 0.4) is 0 Å². The second kappa shape index (κ2) is 2.85. The van der Waals surface area contributed by atoms with Crippen molar-refractivity contribution in [1.29, 1.82) is 0 Å². The molecular weight excluding hydrogens is 212 g/mol. The van der Waals surface area contributed by atoms with Gasteiger partial charge in [0.2, 0.25) is 0 Å². The van der Waals surface area contributed by atoms with Crippen molar-refractivity contribution in [3.63, 3.8) is 0 Å². The number of sulfone groups is 1. The largest absolute Gasteiger partial charge is 0.229 e. The first-order valence-corrected chi connectivity index (χ1v) is 10.9. The van der Waals surface area contributed by atoms with Crippen LogP contribution in [0.15, 0.2) is 0 Å². The van der Waals surface area contributed by atoms with E-state index in [1.54, 1.807) is 0 Å². The molecule has 0 aromatic rings. The van der Waals surface area contributed by atoms with Crippen LogP contribution in [0, 0.1) is 5.41 Å². The normalized spacial score (nSPS) is 29.2. The summed E-state index contributed by atoms with van der Waals surface area (Å²) in [6.45, 7) is 6.72. The lowest BCUT2D eigenvalue weighted by atomic mass is 10.4. The summed E-state index contributed by atoms with van der Waals surface area (Å²) >= 11 is 0. The average Bonchev–Trinajstić information content (AvgIpc) is 2.88. The molecule has 0 aliphatic heterocycles. The van der Waals surface area contributed by atoms with E-state index in [0.717, 1.165) is 12.5 Å². The summed E-state index contributed by atoms with van der Waals surface area (Å²) in [7, 11) is -3.92. The Kier molecular flexibility index (Phi) is 2.17. The Morgan fingerprint density at radius 1 is 1.29 bits per heavy atom. The van der Waals surface area contributed by atoms with Gasteiger partial charge in [-0.15, -0.1) is 0 Å². The fraction of sp³-hybridized carbons (Fsp3) is 1.00. The fourth-order valence-electron chi connectivity index (χ4n) is 2.10. The van der Waals surface area contributed by atoms with Crippen LogP contribution in [0.5, 0.6) is 0 Å². The van der Waals surface area contributed by atoms with Gasteiger partial charge in [0.05, 0.1) is 5.25 Å². The molecule has 2 aliphatic carbocycles. The SMILES string of the molecule is C[Si](C)(C)CCS(=O)(=O)C1CC12CC2. The highest BCUT2D eigenvalue weighted by Gasteiger charge is 2.67. The van der Waals surface area contributed by atoms with E-state index >= 15 is 0 Å². The Morgan fingerprint density at radius 3 is 2.21 bits per heavy atom. The number of hydrogen-bond acceptors (Lipinski definition) is 2. The minimum absolute atomic E-state index is 0.0614. The van der Waals surface area contributed by atoms with Crippen molar-refractivity contribution in [2.45, 2.75) is 50.2 Å². The highest BCUT2D eigenvalue weighted by molar-refractivity contribution is 7.92. The molecule has 0 aromatic heterocycles. The molecule has 2 rings (SSSR count). The molecule has 0 heterocycles. The van der Waals surface area contributed by atoms with Crippen molar-refractivity contribution < 1.29 is 8.42 Å². The highest BCUT2D eigenvalue weighted by atomic mass is 32.2. The Hall–Kier alpha value is 0.167. The van der Waals surface area contributed by atoms with E-state index in [4.69, 9.17) is 0 Å². The Morgan fingerprint density at radius 2 is 1.86 bits per heavy atom. The van der Waals surface area contributed by atoms with Gasteiger partial charge in [0.25, 0.3) is 0 Å². The van der Waals surface area contributed by atoms with Crippen LogP contribution < -0.4 is 0 Å². The lowest BCUT2D eigenvalue weighted by molar-refractivity contribution is 0.592. The molecule has 82 valence electrons. The molecule has 0 amide bonds. The zero-order chi connectivity index (χ0) is 10.6. The average molecular weight is 232 g/mol. The van der Waals surface area contributed by atoms with Gasteiger partial charge in [-0.3, -0.25) is 0 Å². The molecule has 1 spiro atoms. The van der Waals surface area contributed by atoms with Crippen molar-refractivity contribution in [2.75, 3.05) is 5.75 Å². The zero-order valence-corrected chi connectivity index (χ0v) is 11.2. The van der Waals surface area contributed by atoms with Gasteiger partial charge in [0.15, 0.2) is 9.84 Å². The topological polar surface area (TPSA) is 34.1 Å². The first-order chi connectivity index (χ1) is 6.25. The summed E-state index contributed by atoms with van der Waals surface area (Å²) in [5.41, 5.74) is 0.304. The second-order valence-electron chi connectivity index (χ2n) is 6.23.